The molecule has 15 heavy (non-hydrogen) atoms. The van der Waals surface area contributed by atoms with Crippen LogP contribution in [0, 0.1) is 0 Å². The predicted octanol–water partition coefficient (Wildman–Crippen LogP) is 1.45. The highest BCUT2D eigenvalue weighted by Gasteiger charge is 2.21. The number of hydrogen-bond acceptors (Lipinski definition) is 3. The van der Waals surface area contributed by atoms with E-state index >= 15 is 0 Å². The Hall–Kier alpha value is -1.84. The molecule has 0 amide bonds. The van der Waals surface area contributed by atoms with Crippen LogP contribution in [0.1, 0.15) is 18.4 Å². The van der Waals surface area contributed by atoms with Crippen molar-refractivity contribution in [1.29, 1.82) is 0 Å². The normalized spacial score (nSPS) is 11.9. The van der Waals surface area contributed by atoms with Crippen LogP contribution in [-0.4, -0.2) is 24.0 Å². The van der Waals surface area contributed by atoms with E-state index in [9.17, 15) is 9.59 Å². The number of carboxylic acid groups (broad SMARTS) is 1. The molecule has 0 saturated heterocycles. The van der Waals surface area contributed by atoms with Crippen LogP contribution in [0.15, 0.2) is 24.3 Å². The van der Waals surface area contributed by atoms with E-state index in [2.05, 4.69) is 0 Å². The van der Waals surface area contributed by atoms with Gasteiger partial charge >= 0.3 is 5.97 Å². The molecule has 0 fully saturated rings. The van der Waals surface area contributed by atoms with E-state index < -0.39 is 17.7 Å². The molecular formula is C11H12O4. The largest absolute Gasteiger partial charge is 0.497 e. The Kier molecular flexibility index (Phi) is 3.44. The van der Waals surface area contributed by atoms with Crippen molar-refractivity contribution in [2.24, 2.45) is 0 Å². The molecule has 1 rings (SSSR count). The van der Waals surface area contributed by atoms with Gasteiger partial charge in [0.2, 0.25) is 5.78 Å². The predicted molar refractivity (Wildman–Crippen MR) is 54.1 cm³/mol. The highest BCUT2D eigenvalue weighted by molar-refractivity contribution is 6.34. The van der Waals surface area contributed by atoms with Crippen LogP contribution in [0.25, 0.3) is 0 Å². The van der Waals surface area contributed by atoms with Gasteiger partial charge in [-0.25, -0.2) is 4.79 Å². The maximum Gasteiger partial charge on any atom is 0.372 e. The zero-order valence-corrected chi connectivity index (χ0v) is 8.56. The van der Waals surface area contributed by atoms with E-state index in [1.807, 2.05) is 0 Å². The third kappa shape index (κ3) is 2.56. The zero-order valence-electron chi connectivity index (χ0n) is 8.56. The lowest BCUT2D eigenvalue weighted by atomic mass is 9.97. The molecule has 1 aromatic rings. The molecule has 0 aromatic heterocycles. The third-order valence-electron chi connectivity index (χ3n) is 2.22. The summed E-state index contributed by atoms with van der Waals surface area (Å²) in [5, 5.41) is 8.54. The van der Waals surface area contributed by atoms with Crippen molar-refractivity contribution in [3.63, 3.8) is 0 Å². The lowest BCUT2D eigenvalue weighted by Crippen LogP contribution is -2.19. The van der Waals surface area contributed by atoms with Gasteiger partial charge in [0.25, 0.3) is 0 Å². The Bertz CT molecular complexity index is 367. The number of carbonyl (C=O) groups excluding carboxylic acids is 1. The van der Waals surface area contributed by atoms with Gasteiger partial charge < -0.3 is 9.84 Å². The molecule has 80 valence electrons. The average molecular weight is 208 g/mol. The summed E-state index contributed by atoms with van der Waals surface area (Å²) < 4.78 is 4.96. The van der Waals surface area contributed by atoms with Gasteiger partial charge in [-0.1, -0.05) is 19.1 Å². The molecule has 0 aliphatic rings. The van der Waals surface area contributed by atoms with E-state index in [1.165, 1.54) is 0 Å². The number of ketones is 1. The summed E-state index contributed by atoms with van der Waals surface area (Å²) in [6.45, 7) is 1.57. The van der Waals surface area contributed by atoms with Crippen LogP contribution in [-0.2, 0) is 9.59 Å². The number of benzene rings is 1. The Morgan fingerprint density at radius 3 is 2.20 bits per heavy atom. The molecule has 0 saturated carbocycles. The molecule has 0 spiro atoms. The summed E-state index contributed by atoms with van der Waals surface area (Å²) in [6, 6.07) is 6.76. The first-order valence-electron chi connectivity index (χ1n) is 4.47. The summed E-state index contributed by atoms with van der Waals surface area (Å²) in [7, 11) is 1.54. The second-order valence-corrected chi connectivity index (χ2v) is 3.16. The lowest BCUT2D eigenvalue weighted by Gasteiger charge is -2.08. The minimum absolute atomic E-state index is 0.631. The van der Waals surface area contributed by atoms with Crippen molar-refractivity contribution in [3.8, 4) is 5.75 Å². The second kappa shape index (κ2) is 4.59. The Balaban J connectivity index is 2.87. The third-order valence-corrected chi connectivity index (χ3v) is 2.22. The molecule has 1 N–H and O–H groups in total. The highest BCUT2D eigenvalue weighted by Crippen LogP contribution is 2.19. The number of aliphatic carboxylic acids is 1. The van der Waals surface area contributed by atoms with Crippen LogP contribution >= 0.6 is 0 Å². The first kappa shape index (κ1) is 11.2. The standard InChI is InChI=1S/C11H12O4/c1-7(10(12)11(13)14)8-3-5-9(15-2)6-4-8/h3-7H,1-2H3,(H,13,14). The molecule has 1 unspecified atom stereocenters. The fourth-order valence-electron chi connectivity index (χ4n) is 1.23. The minimum Gasteiger partial charge on any atom is -0.497 e. The van der Waals surface area contributed by atoms with Gasteiger partial charge in [-0.3, -0.25) is 4.79 Å². The van der Waals surface area contributed by atoms with E-state index in [0.717, 1.165) is 0 Å². The minimum atomic E-state index is -1.40. The van der Waals surface area contributed by atoms with E-state index in [0.29, 0.717) is 11.3 Å². The van der Waals surface area contributed by atoms with E-state index in [4.69, 9.17) is 9.84 Å². The van der Waals surface area contributed by atoms with Gasteiger partial charge in [0.1, 0.15) is 5.75 Å². The van der Waals surface area contributed by atoms with Crippen molar-refractivity contribution in [1.82, 2.24) is 0 Å². The Labute approximate surface area is 87.5 Å². The van der Waals surface area contributed by atoms with Crippen molar-refractivity contribution >= 4 is 11.8 Å². The van der Waals surface area contributed by atoms with Crippen molar-refractivity contribution in [3.05, 3.63) is 29.8 Å². The maximum atomic E-state index is 11.2. The number of ether oxygens (including phenoxy) is 1. The van der Waals surface area contributed by atoms with Crippen LogP contribution in [0.4, 0.5) is 0 Å². The summed E-state index contributed by atoms with van der Waals surface area (Å²) in [6.07, 6.45) is 0. The molecular weight excluding hydrogens is 196 g/mol. The van der Waals surface area contributed by atoms with Gasteiger partial charge in [0.15, 0.2) is 0 Å². The number of hydrogen-bond donors (Lipinski definition) is 1. The Morgan fingerprint density at radius 1 is 1.27 bits per heavy atom. The van der Waals surface area contributed by atoms with Crippen molar-refractivity contribution < 1.29 is 19.4 Å². The maximum absolute atomic E-state index is 11.2. The quantitative estimate of drug-likeness (QED) is 0.760. The second-order valence-electron chi connectivity index (χ2n) is 3.16. The first-order valence-corrected chi connectivity index (χ1v) is 4.47. The number of carboxylic acids is 1. The fraction of sp³-hybridized carbons (Fsp3) is 0.273. The number of methoxy groups -OCH3 is 1. The molecule has 0 bridgehead atoms. The molecule has 1 atom stereocenters. The number of carbonyl (C=O) groups is 2. The molecule has 4 nitrogen and oxygen atoms in total. The van der Waals surface area contributed by atoms with Crippen LogP contribution in [0.2, 0.25) is 0 Å². The highest BCUT2D eigenvalue weighted by atomic mass is 16.5. The van der Waals surface area contributed by atoms with Gasteiger partial charge in [-0.15, -0.1) is 0 Å². The topological polar surface area (TPSA) is 63.6 Å². The molecule has 0 heterocycles. The fourth-order valence-corrected chi connectivity index (χ4v) is 1.23. The van der Waals surface area contributed by atoms with Gasteiger partial charge in [-0.2, -0.15) is 0 Å². The van der Waals surface area contributed by atoms with Crippen molar-refractivity contribution in [2.75, 3.05) is 7.11 Å². The summed E-state index contributed by atoms with van der Waals surface area (Å²) >= 11 is 0. The molecule has 1 aromatic carbocycles. The lowest BCUT2D eigenvalue weighted by molar-refractivity contribution is -0.149. The summed E-state index contributed by atoms with van der Waals surface area (Å²) in [4.78, 5) is 21.6. The van der Waals surface area contributed by atoms with Crippen LogP contribution < -0.4 is 4.74 Å². The monoisotopic (exact) mass is 208 g/mol. The number of rotatable bonds is 4. The van der Waals surface area contributed by atoms with Gasteiger partial charge in [0, 0.05) is 0 Å². The molecule has 0 radical (unpaired) electrons. The van der Waals surface area contributed by atoms with E-state index in [1.54, 1.807) is 38.3 Å². The average Bonchev–Trinajstić information content (AvgIpc) is 2.27. The Morgan fingerprint density at radius 2 is 1.80 bits per heavy atom. The van der Waals surface area contributed by atoms with Gasteiger partial charge in [-0.05, 0) is 17.7 Å². The van der Waals surface area contributed by atoms with Crippen molar-refractivity contribution in [2.45, 2.75) is 12.8 Å². The van der Waals surface area contributed by atoms with Gasteiger partial charge in [0.05, 0.1) is 13.0 Å². The molecule has 0 aliphatic carbocycles. The SMILES string of the molecule is COc1ccc(C(C)C(=O)C(=O)O)cc1. The van der Waals surface area contributed by atoms with Crippen LogP contribution in [0.3, 0.4) is 0 Å². The summed E-state index contributed by atoms with van der Waals surface area (Å²) in [5.74, 6) is -2.17. The zero-order chi connectivity index (χ0) is 11.4. The smallest absolute Gasteiger partial charge is 0.372 e. The molecule has 0 aliphatic heterocycles. The van der Waals surface area contributed by atoms with E-state index in [-0.39, 0.29) is 0 Å². The first-order chi connectivity index (χ1) is 7.06. The van der Waals surface area contributed by atoms with Crippen LogP contribution in [0.5, 0.6) is 5.75 Å². The summed E-state index contributed by atoms with van der Waals surface area (Å²) in [5.41, 5.74) is 0.670. The molecule has 4 heteroatoms. The number of Topliss-reactive ketones (excluding diaryl/α,β-unsaturated/α-hetero) is 1.